The average molecular weight is 218 g/mol. The molecule has 0 spiro atoms. The van der Waals surface area contributed by atoms with Crippen molar-refractivity contribution in [3.05, 3.63) is 30.0 Å². The molecular formula is C9H6N4OS. The number of rotatable bonds is 2. The zero-order valence-corrected chi connectivity index (χ0v) is 8.65. The minimum Gasteiger partial charge on any atom is -0.439 e. The summed E-state index contributed by atoms with van der Waals surface area (Å²) < 4.78 is 5.14. The maximum absolute atomic E-state index is 8.78. The number of hydrogen-bond donors (Lipinski definition) is 0. The standard InChI is InChI=1S/C9H6N4OS/c1-6-5-14-9(13-6)15-8-7(4-10)11-2-3-12-8/h2-3,5H,1H3. The Labute approximate surface area is 90.2 Å². The number of aryl methyl sites for hydroxylation is 1. The Morgan fingerprint density at radius 1 is 1.40 bits per heavy atom. The van der Waals surface area contributed by atoms with E-state index in [0.29, 0.717) is 10.2 Å². The predicted molar refractivity (Wildman–Crippen MR) is 52.1 cm³/mol. The topological polar surface area (TPSA) is 75.6 Å². The molecule has 0 aliphatic heterocycles. The first-order chi connectivity index (χ1) is 7.29. The first-order valence-electron chi connectivity index (χ1n) is 4.10. The highest BCUT2D eigenvalue weighted by Gasteiger charge is 2.09. The van der Waals surface area contributed by atoms with Gasteiger partial charge in [-0.05, 0) is 18.7 Å². The van der Waals surface area contributed by atoms with Crippen LogP contribution in [0.25, 0.3) is 0 Å². The van der Waals surface area contributed by atoms with E-state index in [1.54, 1.807) is 6.26 Å². The van der Waals surface area contributed by atoms with Gasteiger partial charge < -0.3 is 4.42 Å². The maximum atomic E-state index is 8.78. The molecule has 0 saturated heterocycles. The van der Waals surface area contributed by atoms with Gasteiger partial charge in [0.05, 0.1) is 5.69 Å². The van der Waals surface area contributed by atoms with Crippen LogP contribution in [0, 0.1) is 18.3 Å². The molecule has 0 amide bonds. The number of nitriles is 1. The molecule has 0 atom stereocenters. The monoisotopic (exact) mass is 218 g/mol. The molecule has 2 aromatic heterocycles. The summed E-state index contributed by atoms with van der Waals surface area (Å²) in [5.41, 5.74) is 1.07. The van der Waals surface area contributed by atoms with E-state index in [1.807, 2.05) is 13.0 Å². The quantitative estimate of drug-likeness (QED) is 0.765. The summed E-state index contributed by atoms with van der Waals surface area (Å²) in [5.74, 6) is 0. The molecule has 0 saturated carbocycles. The predicted octanol–water partition coefficient (Wildman–Crippen LogP) is 1.80. The molecule has 74 valence electrons. The fourth-order valence-electron chi connectivity index (χ4n) is 0.939. The summed E-state index contributed by atoms with van der Waals surface area (Å²) in [6.45, 7) is 1.83. The summed E-state index contributed by atoms with van der Waals surface area (Å²) in [7, 11) is 0. The van der Waals surface area contributed by atoms with Gasteiger partial charge in [0, 0.05) is 12.4 Å². The largest absolute Gasteiger partial charge is 0.439 e. The summed E-state index contributed by atoms with van der Waals surface area (Å²) in [5, 5.41) is 9.75. The Morgan fingerprint density at radius 2 is 2.20 bits per heavy atom. The van der Waals surface area contributed by atoms with Gasteiger partial charge in [0.2, 0.25) is 0 Å². The van der Waals surface area contributed by atoms with Crippen LogP contribution in [0.3, 0.4) is 0 Å². The zero-order valence-electron chi connectivity index (χ0n) is 7.84. The third kappa shape index (κ3) is 2.14. The van der Waals surface area contributed by atoms with Gasteiger partial charge in [0.25, 0.3) is 5.22 Å². The second kappa shape index (κ2) is 4.11. The van der Waals surface area contributed by atoms with Gasteiger partial charge in [-0.25, -0.2) is 15.0 Å². The lowest BCUT2D eigenvalue weighted by Gasteiger charge is -1.96. The van der Waals surface area contributed by atoms with Crippen LogP contribution in [0.15, 0.2) is 33.3 Å². The van der Waals surface area contributed by atoms with E-state index in [9.17, 15) is 0 Å². The molecule has 0 aliphatic rings. The number of hydrogen-bond acceptors (Lipinski definition) is 6. The zero-order chi connectivity index (χ0) is 10.7. The summed E-state index contributed by atoms with van der Waals surface area (Å²) >= 11 is 1.19. The third-order valence-corrected chi connectivity index (χ3v) is 2.41. The lowest BCUT2D eigenvalue weighted by atomic mass is 10.5. The molecular weight excluding hydrogens is 212 g/mol. The molecule has 0 aliphatic carbocycles. The Morgan fingerprint density at radius 3 is 2.87 bits per heavy atom. The fourth-order valence-corrected chi connectivity index (χ4v) is 1.70. The molecule has 6 heteroatoms. The van der Waals surface area contributed by atoms with Gasteiger partial charge in [-0.2, -0.15) is 5.26 Å². The molecule has 0 unspecified atom stereocenters. The fraction of sp³-hybridized carbons (Fsp3) is 0.111. The van der Waals surface area contributed by atoms with Crippen molar-refractivity contribution in [1.82, 2.24) is 15.0 Å². The highest BCUT2D eigenvalue weighted by molar-refractivity contribution is 7.99. The minimum atomic E-state index is 0.276. The summed E-state index contributed by atoms with van der Waals surface area (Å²) in [6.07, 6.45) is 4.55. The van der Waals surface area contributed by atoms with Gasteiger partial charge in [0.1, 0.15) is 17.4 Å². The Hall–Kier alpha value is -1.87. The van der Waals surface area contributed by atoms with Crippen molar-refractivity contribution in [2.45, 2.75) is 17.2 Å². The molecule has 0 bridgehead atoms. The number of nitrogens with zero attached hydrogens (tertiary/aromatic N) is 4. The lowest BCUT2D eigenvalue weighted by Crippen LogP contribution is -1.89. The Bertz CT molecular complexity index is 517. The number of oxazole rings is 1. The minimum absolute atomic E-state index is 0.276. The third-order valence-electron chi connectivity index (χ3n) is 1.55. The molecule has 2 aromatic rings. The van der Waals surface area contributed by atoms with Crippen LogP contribution in [0.4, 0.5) is 0 Å². The smallest absolute Gasteiger partial charge is 0.262 e. The molecule has 5 nitrogen and oxygen atoms in total. The van der Waals surface area contributed by atoms with Crippen molar-refractivity contribution in [3.8, 4) is 6.07 Å². The summed E-state index contributed by atoms with van der Waals surface area (Å²) in [6, 6.07) is 1.96. The van der Waals surface area contributed by atoms with E-state index in [4.69, 9.17) is 9.68 Å². The van der Waals surface area contributed by atoms with Crippen LogP contribution in [0.2, 0.25) is 0 Å². The normalized spacial score (nSPS) is 9.87. The second-order valence-electron chi connectivity index (χ2n) is 2.68. The molecule has 0 aromatic carbocycles. The first-order valence-corrected chi connectivity index (χ1v) is 4.92. The number of aromatic nitrogens is 3. The van der Waals surface area contributed by atoms with Crippen molar-refractivity contribution in [1.29, 1.82) is 5.26 Å². The van der Waals surface area contributed by atoms with Crippen LogP contribution >= 0.6 is 11.8 Å². The van der Waals surface area contributed by atoms with Crippen LogP contribution < -0.4 is 0 Å². The van der Waals surface area contributed by atoms with Crippen molar-refractivity contribution >= 4 is 11.8 Å². The van der Waals surface area contributed by atoms with E-state index < -0.39 is 0 Å². The van der Waals surface area contributed by atoms with Crippen molar-refractivity contribution in [3.63, 3.8) is 0 Å². The van der Waals surface area contributed by atoms with Gasteiger partial charge in [0.15, 0.2) is 5.69 Å². The molecule has 0 N–H and O–H groups in total. The van der Waals surface area contributed by atoms with Crippen molar-refractivity contribution in [2.75, 3.05) is 0 Å². The Kier molecular flexibility index (Phi) is 2.65. The Balaban J connectivity index is 2.28. The lowest BCUT2D eigenvalue weighted by molar-refractivity contribution is 0.453. The molecule has 15 heavy (non-hydrogen) atoms. The van der Waals surface area contributed by atoms with Gasteiger partial charge >= 0.3 is 0 Å². The molecule has 2 rings (SSSR count). The van der Waals surface area contributed by atoms with Crippen molar-refractivity contribution < 1.29 is 4.42 Å². The molecule has 2 heterocycles. The second-order valence-corrected chi connectivity index (χ2v) is 3.62. The van der Waals surface area contributed by atoms with Gasteiger partial charge in [-0.3, -0.25) is 0 Å². The first kappa shape index (κ1) is 9.68. The van der Waals surface area contributed by atoms with E-state index in [2.05, 4.69) is 15.0 Å². The highest BCUT2D eigenvalue weighted by atomic mass is 32.2. The maximum Gasteiger partial charge on any atom is 0.262 e. The van der Waals surface area contributed by atoms with Crippen LogP contribution in [-0.4, -0.2) is 15.0 Å². The average Bonchev–Trinajstić information content (AvgIpc) is 2.65. The highest BCUT2D eigenvalue weighted by Crippen LogP contribution is 2.26. The van der Waals surface area contributed by atoms with Gasteiger partial charge in [-0.1, -0.05) is 0 Å². The van der Waals surface area contributed by atoms with E-state index in [-0.39, 0.29) is 5.69 Å². The van der Waals surface area contributed by atoms with E-state index in [1.165, 1.54) is 24.2 Å². The summed E-state index contributed by atoms with van der Waals surface area (Å²) in [4.78, 5) is 12.0. The molecule has 0 fully saturated rings. The molecule has 0 radical (unpaired) electrons. The van der Waals surface area contributed by atoms with Crippen LogP contribution in [-0.2, 0) is 0 Å². The van der Waals surface area contributed by atoms with E-state index in [0.717, 1.165) is 5.69 Å². The van der Waals surface area contributed by atoms with E-state index >= 15 is 0 Å². The SMILES string of the molecule is Cc1coc(Sc2nccnc2C#N)n1. The van der Waals surface area contributed by atoms with Crippen LogP contribution in [0.5, 0.6) is 0 Å². The van der Waals surface area contributed by atoms with Gasteiger partial charge in [-0.15, -0.1) is 0 Å². The van der Waals surface area contributed by atoms with Crippen molar-refractivity contribution in [2.24, 2.45) is 0 Å². The van der Waals surface area contributed by atoms with Crippen LogP contribution in [0.1, 0.15) is 11.4 Å².